The molecule has 0 unspecified atom stereocenters. The average molecular weight is 526 g/mol. The largest absolute Gasteiger partial charge is 0.493 e. The van der Waals surface area contributed by atoms with Crippen LogP contribution in [0.4, 0.5) is 0 Å². The highest BCUT2D eigenvalue weighted by Crippen LogP contribution is 2.46. The summed E-state index contributed by atoms with van der Waals surface area (Å²) in [5.41, 5.74) is 4.23. The van der Waals surface area contributed by atoms with Crippen molar-refractivity contribution in [3.05, 3.63) is 81.2 Å². The number of carbonyl (C=O) groups is 2. The van der Waals surface area contributed by atoms with Crippen LogP contribution in [0.2, 0.25) is 5.02 Å². The number of hydrogen-bond acceptors (Lipinski definition) is 7. The zero-order valence-electron chi connectivity index (χ0n) is 21.6. The molecule has 196 valence electrons. The van der Waals surface area contributed by atoms with Gasteiger partial charge in [-0.1, -0.05) is 29.8 Å². The van der Waals surface area contributed by atoms with Gasteiger partial charge < -0.3 is 24.3 Å². The highest BCUT2D eigenvalue weighted by molar-refractivity contribution is 6.30. The molecule has 0 fully saturated rings. The molecule has 37 heavy (non-hydrogen) atoms. The number of allylic oxidation sites excluding steroid dienone is 3. The number of dihydropyridines is 1. The molecule has 0 aromatic heterocycles. The van der Waals surface area contributed by atoms with Gasteiger partial charge in [-0.05, 0) is 61.6 Å². The topological polar surface area (TPSA) is 83.1 Å². The fraction of sp³-hybridized carbons (Fsp3) is 0.379. The van der Waals surface area contributed by atoms with E-state index in [1.165, 1.54) is 0 Å². The summed E-state index contributed by atoms with van der Waals surface area (Å²) in [6.07, 6.45) is 0.913. The number of esters is 1. The van der Waals surface area contributed by atoms with E-state index in [2.05, 4.69) is 5.32 Å². The van der Waals surface area contributed by atoms with Gasteiger partial charge in [0.1, 0.15) is 6.61 Å². The van der Waals surface area contributed by atoms with Crippen LogP contribution in [-0.2, 0) is 19.1 Å². The molecule has 1 N–H and O–H groups in total. The molecule has 1 heterocycles. The lowest BCUT2D eigenvalue weighted by atomic mass is 9.71. The molecule has 7 nitrogen and oxygen atoms in total. The van der Waals surface area contributed by atoms with Crippen LogP contribution in [0.3, 0.4) is 0 Å². The van der Waals surface area contributed by atoms with Crippen LogP contribution in [0.25, 0.3) is 0 Å². The highest BCUT2D eigenvalue weighted by Gasteiger charge is 2.41. The second kappa shape index (κ2) is 11.8. The molecular weight excluding hydrogens is 494 g/mol. The summed E-state index contributed by atoms with van der Waals surface area (Å²) < 4.78 is 21.7. The Kier molecular flexibility index (Phi) is 8.56. The van der Waals surface area contributed by atoms with Crippen LogP contribution in [0, 0.1) is 0 Å². The summed E-state index contributed by atoms with van der Waals surface area (Å²) >= 11 is 6.33. The Labute approximate surface area is 222 Å². The van der Waals surface area contributed by atoms with Crippen LogP contribution in [0.15, 0.2) is 65.0 Å². The summed E-state index contributed by atoms with van der Waals surface area (Å²) in [5.74, 6) is 0.131. The second-order valence-corrected chi connectivity index (χ2v) is 9.46. The lowest BCUT2D eigenvalue weighted by molar-refractivity contribution is -0.140. The minimum absolute atomic E-state index is 0.0226. The van der Waals surface area contributed by atoms with Crippen LogP contribution in [0.1, 0.15) is 49.7 Å². The molecule has 2 aromatic carbocycles. The quantitative estimate of drug-likeness (QED) is 0.351. The van der Waals surface area contributed by atoms with Crippen LogP contribution < -0.4 is 14.8 Å². The summed E-state index contributed by atoms with van der Waals surface area (Å²) in [6, 6.07) is 13.0. The zero-order chi connectivity index (χ0) is 26.5. The molecule has 2 aromatic rings. The van der Waals surface area contributed by atoms with E-state index in [1.54, 1.807) is 26.4 Å². The fourth-order valence-electron chi connectivity index (χ4n) is 5.09. The van der Waals surface area contributed by atoms with Crippen molar-refractivity contribution in [3.63, 3.8) is 0 Å². The number of nitrogens with one attached hydrogen (secondary N) is 1. The summed E-state index contributed by atoms with van der Waals surface area (Å²) in [4.78, 5) is 27.0. The highest BCUT2D eigenvalue weighted by atomic mass is 35.5. The Morgan fingerprint density at radius 1 is 1.03 bits per heavy atom. The molecule has 0 saturated carbocycles. The van der Waals surface area contributed by atoms with E-state index >= 15 is 0 Å². The molecule has 1 aliphatic carbocycles. The molecule has 0 radical (unpaired) electrons. The molecule has 0 saturated heterocycles. The van der Waals surface area contributed by atoms with E-state index in [-0.39, 0.29) is 18.3 Å². The van der Waals surface area contributed by atoms with Gasteiger partial charge in [0.2, 0.25) is 0 Å². The van der Waals surface area contributed by atoms with Crippen molar-refractivity contribution in [3.8, 4) is 11.5 Å². The van der Waals surface area contributed by atoms with Gasteiger partial charge >= 0.3 is 5.97 Å². The first-order valence-corrected chi connectivity index (χ1v) is 12.7. The Morgan fingerprint density at radius 3 is 2.51 bits per heavy atom. The standard InChI is InChI=1S/C29H32ClNO6/c1-5-36-11-12-37-29(33)26-17(2)31-22-14-20(18-9-10-24(34-3)25(16-18)35-4)15-23(32)28(22)27(26)19-7-6-8-21(30)13-19/h6-10,13,16,20,27,31H,5,11-12,14-15H2,1-4H3/t20-,27-/m1/s1. The maximum Gasteiger partial charge on any atom is 0.336 e. The van der Waals surface area contributed by atoms with Gasteiger partial charge in [0.15, 0.2) is 17.3 Å². The molecule has 8 heteroatoms. The van der Waals surface area contributed by atoms with Crippen molar-refractivity contribution < 1.29 is 28.5 Å². The molecule has 2 atom stereocenters. The van der Waals surface area contributed by atoms with E-state index in [0.29, 0.717) is 59.4 Å². The summed E-state index contributed by atoms with van der Waals surface area (Å²) in [5, 5.41) is 3.90. The number of Topliss-reactive ketones (excluding diaryl/α,β-unsaturated/α-hetero) is 1. The van der Waals surface area contributed by atoms with Crippen LogP contribution >= 0.6 is 11.6 Å². The predicted molar refractivity (Wildman–Crippen MR) is 141 cm³/mol. The van der Waals surface area contributed by atoms with Crippen molar-refractivity contribution in [2.24, 2.45) is 0 Å². The molecule has 0 amide bonds. The van der Waals surface area contributed by atoms with E-state index < -0.39 is 11.9 Å². The van der Waals surface area contributed by atoms with Crippen LogP contribution in [0.5, 0.6) is 11.5 Å². The Bertz CT molecular complexity index is 1250. The molecule has 0 spiro atoms. The monoisotopic (exact) mass is 525 g/mol. The number of rotatable bonds is 9. The van der Waals surface area contributed by atoms with E-state index in [1.807, 2.05) is 44.2 Å². The van der Waals surface area contributed by atoms with Gasteiger partial charge in [0, 0.05) is 40.9 Å². The zero-order valence-corrected chi connectivity index (χ0v) is 22.3. The molecule has 2 aliphatic rings. The summed E-state index contributed by atoms with van der Waals surface area (Å²) in [6.45, 7) is 4.70. The third kappa shape index (κ3) is 5.68. The smallest absolute Gasteiger partial charge is 0.336 e. The lowest BCUT2D eigenvalue weighted by Gasteiger charge is -2.36. The molecular formula is C29H32ClNO6. The average Bonchev–Trinajstić information content (AvgIpc) is 2.89. The Morgan fingerprint density at radius 2 is 1.81 bits per heavy atom. The first kappa shape index (κ1) is 26.8. The van der Waals surface area contributed by atoms with Gasteiger partial charge in [-0.2, -0.15) is 0 Å². The second-order valence-electron chi connectivity index (χ2n) is 9.02. The van der Waals surface area contributed by atoms with Crippen molar-refractivity contribution in [1.29, 1.82) is 0 Å². The molecule has 4 rings (SSSR count). The molecule has 1 aliphatic heterocycles. The van der Waals surface area contributed by atoms with Gasteiger partial charge in [0.25, 0.3) is 0 Å². The van der Waals surface area contributed by atoms with Crippen molar-refractivity contribution in [2.75, 3.05) is 34.0 Å². The normalized spacial score (nSPS) is 19.3. The van der Waals surface area contributed by atoms with E-state index in [9.17, 15) is 9.59 Å². The van der Waals surface area contributed by atoms with Crippen molar-refractivity contribution >= 4 is 23.4 Å². The first-order valence-electron chi connectivity index (χ1n) is 12.3. The van der Waals surface area contributed by atoms with Crippen LogP contribution in [-0.4, -0.2) is 45.8 Å². The number of ketones is 1. The van der Waals surface area contributed by atoms with Crippen molar-refractivity contribution in [1.82, 2.24) is 5.32 Å². The van der Waals surface area contributed by atoms with E-state index in [0.717, 1.165) is 16.8 Å². The minimum atomic E-state index is -0.576. The maximum atomic E-state index is 13.8. The Balaban J connectivity index is 1.71. The predicted octanol–water partition coefficient (Wildman–Crippen LogP) is 5.30. The van der Waals surface area contributed by atoms with Gasteiger partial charge in [-0.15, -0.1) is 0 Å². The number of halogens is 1. The number of methoxy groups -OCH3 is 2. The van der Waals surface area contributed by atoms with Crippen molar-refractivity contribution in [2.45, 2.75) is 38.5 Å². The number of benzene rings is 2. The first-order chi connectivity index (χ1) is 17.9. The van der Waals surface area contributed by atoms with E-state index in [4.69, 9.17) is 30.5 Å². The van der Waals surface area contributed by atoms with Gasteiger partial charge in [-0.3, -0.25) is 4.79 Å². The number of ether oxygens (including phenoxy) is 4. The van der Waals surface area contributed by atoms with Gasteiger partial charge in [-0.25, -0.2) is 4.79 Å². The number of carbonyl (C=O) groups excluding carboxylic acids is 2. The third-order valence-corrected chi connectivity index (χ3v) is 7.01. The number of hydrogen-bond donors (Lipinski definition) is 1. The Hall–Kier alpha value is -3.29. The molecule has 0 bridgehead atoms. The lowest BCUT2D eigenvalue weighted by Crippen LogP contribution is -2.36. The summed E-state index contributed by atoms with van der Waals surface area (Å²) in [7, 11) is 3.19. The minimum Gasteiger partial charge on any atom is -0.493 e. The fourth-order valence-corrected chi connectivity index (χ4v) is 5.29. The maximum absolute atomic E-state index is 13.8. The van der Waals surface area contributed by atoms with Gasteiger partial charge in [0.05, 0.1) is 26.4 Å². The SMILES string of the molecule is CCOCCOC(=O)C1=C(C)NC2=C(C(=O)C[C@H](c3ccc(OC)c(OC)c3)C2)[C@@H]1c1cccc(Cl)c1. The third-order valence-electron chi connectivity index (χ3n) is 6.77.